The number of imide groups is 1. The van der Waals surface area contributed by atoms with Gasteiger partial charge in [0.25, 0.3) is 11.8 Å². The minimum atomic E-state index is -0.342. The van der Waals surface area contributed by atoms with Crippen molar-refractivity contribution < 1.29 is 14.3 Å². The molecular weight excluding hydrogens is 388 g/mol. The molecule has 0 radical (unpaired) electrons. The van der Waals surface area contributed by atoms with Crippen LogP contribution in [-0.2, 0) is 9.59 Å². The minimum Gasteiger partial charge on any atom is -0.494 e. The summed E-state index contributed by atoms with van der Waals surface area (Å²) >= 11 is 6.22. The van der Waals surface area contributed by atoms with Crippen LogP contribution in [0.3, 0.4) is 0 Å². The quantitative estimate of drug-likeness (QED) is 0.647. The van der Waals surface area contributed by atoms with Crippen molar-refractivity contribution in [3.05, 3.63) is 64.3 Å². The molecule has 0 unspecified atom stereocenters. The maximum absolute atomic E-state index is 13.1. The van der Waals surface area contributed by atoms with Crippen LogP contribution >= 0.6 is 11.6 Å². The molecule has 152 valence electrons. The van der Waals surface area contributed by atoms with Crippen molar-refractivity contribution in [2.24, 2.45) is 0 Å². The Bertz CT molecular complexity index is 965. The van der Waals surface area contributed by atoms with E-state index in [0.717, 1.165) is 17.7 Å². The van der Waals surface area contributed by atoms with Crippen molar-refractivity contribution in [3.63, 3.8) is 0 Å². The summed E-state index contributed by atoms with van der Waals surface area (Å²) in [6.07, 6.45) is 0.913. The van der Waals surface area contributed by atoms with Gasteiger partial charge in [-0.3, -0.25) is 14.5 Å². The van der Waals surface area contributed by atoms with E-state index in [0.29, 0.717) is 28.5 Å². The SMILES string of the molecule is CCCOc1ccc(C2=C(Nc3cccc(Cl)c3C)C(=O)N(C(C)C)C2=O)cc1. The number of carbonyl (C=O) groups is 2. The van der Waals surface area contributed by atoms with Crippen molar-refractivity contribution >= 4 is 34.7 Å². The fraction of sp³-hybridized carbons (Fsp3) is 0.304. The smallest absolute Gasteiger partial charge is 0.278 e. The fourth-order valence-electron chi connectivity index (χ4n) is 3.22. The summed E-state index contributed by atoms with van der Waals surface area (Å²) in [6, 6.07) is 12.4. The Hall–Kier alpha value is -2.79. The van der Waals surface area contributed by atoms with Crippen molar-refractivity contribution in [1.82, 2.24) is 4.90 Å². The molecule has 0 aromatic heterocycles. The molecule has 2 aromatic carbocycles. The molecule has 2 amide bonds. The van der Waals surface area contributed by atoms with Crippen molar-refractivity contribution in [1.29, 1.82) is 0 Å². The Morgan fingerprint density at radius 3 is 2.38 bits per heavy atom. The van der Waals surface area contributed by atoms with Crippen LogP contribution in [0.2, 0.25) is 5.02 Å². The van der Waals surface area contributed by atoms with Gasteiger partial charge < -0.3 is 10.1 Å². The second-order valence-electron chi connectivity index (χ2n) is 7.23. The van der Waals surface area contributed by atoms with E-state index in [2.05, 4.69) is 5.32 Å². The van der Waals surface area contributed by atoms with E-state index >= 15 is 0 Å². The number of ether oxygens (including phenoxy) is 1. The van der Waals surface area contributed by atoms with Crippen LogP contribution in [0.4, 0.5) is 5.69 Å². The zero-order valence-electron chi connectivity index (χ0n) is 17.1. The third-order valence-electron chi connectivity index (χ3n) is 4.77. The van der Waals surface area contributed by atoms with Gasteiger partial charge in [0.15, 0.2) is 0 Å². The molecular formula is C23H25ClN2O3. The molecule has 0 aliphatic carbocycles. The van der Waals surface area contributed by atoms with Crippen LogP contribution in [0.5, 0.6) is 5.75 Å². The molecule has 3 rings (SSSR count). The van der Waals surface area contributed by atoms with Gasteiger partial charge in [-0.2, -0.15) is 0 Å². The molecule has 0 atom stereocenters. The molecule has 1 aliphatic heterocycles. The Balaban J connectivity index is 2.05. The van der Waals surface area contributed by atoms with Gasteiger partial charge in [-0.15, -0.1) is 0 Å². The summed E-state index contributed by atoms with van der Waals surface area (Å²) in [4.78, 5) is 27.5. The summed E-state index contributed by atoms with van der Waals surface area (Å²) in [5.74, 6) is 0.0778. The van der Waals surface area contributed by atoms with Gasteiger partial charge in [0.1, 0.15) is 11.4 Å². The molecule has 0 bridgehead atoms. The number of halogens is 1. The Morgan fingerprint density at radius 2 is 1.76 bits per heavy atom. The molecule has 0 saturated heterocycles. The van der Waals surface area contributed by atoms with E-state index in [1.54, 1.807) is 12.1 Å². The summed E-state index contributed by atoms with van der Waals surface area (Å²) in [7, 11) is 0. The van der Waals surface area contributed by atoms with Gasteiger partial charge in [0.05, 0.1) is 12.2 Å². The number of carbonyl (C=O) groups excluding carboxylic acids is 2. The topological polar surface area (TPSA) is 58.6 Å². The number of benzene rings is 2. The minimum absolute atomic E-state index is 0.253. The lowest BCUT2D eigenvalue weighted by Crippen LogP contribution is -2.38. The van der Waals surface area contributed by atoms with E-state index in [-0.39, 0.29) is 23.6 Å². The van der Waals surface area contributed by atoms with E-state index in [1.807, 2.05) is 58.0 Å². The van der Waals surface area contributed by atoms with E-state index in [9.17, 15) is 9.59 Å². The normalized spacial score (nSPS) is 14.2. The van der Waals surface area contributed by atoms with Crippen LogP contribution < -0.4 is 10.1 Å². The first kappa shape index (κ1) is 20.9. The van der Waals surface area contributed by atoms with Crippen LogP contribution in [0.15, 0.2) is 48.2 Å². The lowest BCUT2D eigenvalue weighted by molar-refractivity contribution is -0.138. The Morgan fingerprint density at radius 1 is 1.07 bits per heavy atom. The van der Waals surface area contributed by atoms with Gasteiger partial charge in [-0.05, 0) is 62.6 Å². The predicted molar refractivity (Wildman–Crippen MR) is 116 cm³/mol. The highest BCUT2D eigenvalue weighted by molar-refractivity contribution is 6.37. The van der Waals surface area contributed by atoms with Gasteiger partial charge >= 0.3 is 0 Å². The lowest BCUT2D eigenvalue weighted by atomic mass is 10.0. The first-order chi connectivity index (χ1) is 13.8. The zero-order chi connectivity index (χ0) is 21.1. The third kappa shape index (κ3) is 4.15. The molecule has 0 spiro atoms. The largest absolute Gasteiger partial charge is 0.494 e. The second-order valence-corrected chi connectivity index (χ2v) is 7.64. The van der Waals surface area contributed by atoms with Crippen LogP contribution in [0.1, 0.15) is 38.3 Å². The van der Waals surface area contributed by atoms with Gasteiger partial charge in [0, 0.05) is 16.8 Å². The first-order valence-electron chi connectivity index (χ1n) is 9.72. The number of hydrogen-bond donors (Lipinski definition) is 1. The monoisotopic (exact) mass is 412 g/mol. The van der Waals surface area contributed by atoms with Crippen molar-refractivity contribution in [3.8, 4) is 5.75 Å². The van der Waals surface area contributed by atoms with Crippen LogP contribution in [-0.4, -0.2) is 29.4 Å². The average Bonchev–Trinajstić information content (AvgIpc) is 2.94. The van der Waals surface area contributed by atoms with Gasteiger partial charge in [0.2, 0.25) is 0 Å². The first-order valence-corrected chi connectivity index (χ1v) is 10.1. The molecule has 1 heterocycles. The average molecular weight is 413 g/mol. The number of amides is 2. The predicted octanol–water partition coefficient (Wildman–Crippen LogP) is 5.04. The van der Waals surface area contributed by atoms with Crippen LogP contribution in [0, 0.1) is 6.92 Å². The molecule has 0 fully saturated rings. The number of nitrogens with one attached hydrogen (secondary N) is 1. The number of hydrogen-bond acceptors (Lipinski definition) is 4. The summed E-state index contributed by atoms with van der Waals surface area (Å²) in [5.41, 5.74) is 2.78. The molecule has 6 heteroatoms. The Labute approximate surface area is 176 Å². The van der Waals surface area contributed by atoms with E-state index in [4.69, 9.17) is 16.3 Å². The van der Waals surface area contributed by atoms with E-state index < -0.39 is 0 Å². The highest BCUT2D eigenvalue weighted by Crippen LogP contribution is 2.34. The highest BCUT2D eigenvalue weighted by atomic mass is 35.5. The van der Waals surface area contributed by atoms with Crippen molar-refractivity contribution in [2.45, 2.75) is 40.2 Å². The standard InChI is InChI=1S/C23H25ClN2O3/c1-5-13-29-17-11-9-16(10-12-17)20-21(23(28)26(14(2)3)22(20)27)25-19-8-6-7-18(24)15(19)4/h6-12,14,25H,5,13H2,1-4H3. The number of nitrogens with zero attached hydrogens (tertiary/aromatic N) is 1. The molecule has 1 aliphatic rings. The second kappa shape index (κ2) is 8.70. The van der Waals surface area contributed by atoms with Gasteiger partial charge in [-0.1, -0.05) is 36.7 Å². The van der Waals surface area contributed by atoms with E-state index in [1.165, 1.54) is 4.90 Å². The number of anilines is 1. The summed E-state index contributed by atoms with van der Waals surface area (Å²) in [6.45, 7) is 8.18. The third-order valence-corrected chi connectivity index (χ3v) is 5.18. The number of rotatable bonds is 7. The van der Waals surface area contributed by atoms with Crippen LogP contribution in [0.25, 0.3) is 5.57 Å². The highest BCUT2D eigenvalue weighted by Gasteiger charge is 2.40. The van der Waals surface area contributed by atoms with Gasteiger partial charge in [-0.25, -0.2) is 0 Å². The molecule has 0 saturated carbocycles. The maximum atomic E-state index is 13.1. The molecule has 1 N–H and O–H groups in total. The fourth-order valence-corrected chi connectivity index (χ4v) is 3.39. The maximum Gasteiger partial charge on any atom is 0.278 e. The zero-order valence-corrected chi connectivity index (χ0v) is 17.8. The molecule has 2 aromatic rings. The summed E-state index contributed by atoms with van der Waals surface area (Å²) < 4.78 is 5.62. The summed E-state index contributed by atoms with van der Waals surface area (Å²) in [5, 5.41) is 3.75. The Kier molecular flexibility index (Phi) is 6.28. The molecule has 29 heavy (non-hydrogen) atoms. The molecule has 5 nitrogen and oxygen atoms in total. The van der Waals surface area contributed by atoms with Crippen molar-refractivity contribution in [2.75, 3.05) is 11.9 Å². The lowest BCUT2D eigenvalue weighted by Gasteiger charge is -2.19.